The highest BCUT2D eigenvalue weighted by molar-refractivity contribution is 5.66. The van der Waals surface area contributed by atoms with Gasteiger partial charge >= 0.3 is 5.97 Å². The molecule has 2 unspecified atom stereocenters. The average Bonchev–Trinajstić information content (AvgIpc) is 2.30. The normalized spacial score (nSPS) is 28.4. The second-order valence-electron chi connectivity index (χ2n) is 4.41. The van der Waals surface area contributed by atoms with E-state index in [1.54, 1.807) is 0 Å². The van der Waals surface area contributed by atoms with Gasteiger partial charge in [0.25, 0.3) is 0 Å². The van der Waals surface area contributed by atoms with Crippen molar-refractivity contribution >= 4 is 5.97 Å². The Kier molecular flexibility index (Phi) is 4.94. The summed E-state index contributed by atoms with van der Waals surface area (Å²) >= 11 is 0. The molecule has 1 aliphatic carbocycles. The monoisotopic (exact) mass is 199 g/mol. The zero-order valence-corrected chi connectivity index (χ0v) is 8.96. The summed E-state index contributed by atoms with van der Waals surface area (Å²) < 4.78 is 0. The highest BCUT2D eigenvalue weighted by Crippen LogP contribution is 2.22. The van der Waals surface area contributed by atoms with Crippen molar-refractivity contribution in [2.45, 2.75) is 51.5 Å². The maximum atomic E-state index is 10.3. The van der Waals surface area contributed by atoms with Gasteiger partial charge in [0.05, 0.1) is 6.42 Å². The van der Waals surface area contributed by atoms with Crippen LogP contribution in [0.3, 0.4) is 0 Å². The molecular formula is C11H21NO2. The molecule has 3 heteroatoms. The van der Waals surface area contributed by atoms with Gasteiger partial charge in [0.1, 0.15) is 0 Å². The standard InChI is InChI=1S/C11H21NO2/c1-9-3-2-4-10(6-5-9)12-8-7-11(13)14/h9-10,12H,2-8H2,1H3,(H,13,14). The van der Waals surface area contributed by atoms with Gasteiger partial charge in [-0.05, 0) is 25.2 Å². The summed E-state index contributed by atoms with van der Waals surface area (Å²) in [6.07, 6.45) is 6.56. The molecule has 0 aromatic carbocycles. The minimum Gasteiger partial charge on any atom is -0.481 e. The van der Waals surface area contributed by atoms with E-state index in [-0.39, 0.29) is 6.42 Å². The second-order valence-corrected chi connectivity index (χ2v) is 4.41. The number of nitrogens with one attached hydrogen (secondary N) is 1. The van der Waals surface area contributed by atoms with Crippen LogP contribution in [0.5, 0.6) is 0 Å². The summed E-state index contributed by atoms with van der Waals surface area (Å²) in [6.45, 7) is 2.92. The van der Waals surface area contributed by atoms with E-state index in [1.807, 2.05) is 0 Å². The fourth-order valence-electron chi connectivity index (χ4n) is 2.07. The lowest BCUT2D eigenvalue weighted by atomic mass is 10.0. The van der Waals surface area contributed by atoms with Gasteiger partial charge in [0, 0.05) is 12.6 Å². The maximum absolute atomic E-state index is 10.3. The van der Waals surface area contributed by atoms with E-state index in [0.29, 0.717) is 12.6 Å². The number of rotatable bonds is 4. The van der Waals surface area contributed by atoms with Crippen molar-refractivity contribution in [3.8, 4) is 0 Å². The fourth-order valence-corrected chi connectivity index (χ4v) is 2.07. The first kappa shape index (κ1) is 11.5. The molecule has 0 aromatic heterocycles. The van der Waals surface area contributed by atoms with Crippen LogP contribution in [0.4, 0.5) is 0 Å². The predicted octanol–water partition coefficient (Wildman–Crippen LogP) is 2.02. The first-order valence-corrected chi connectivity index (χ1v) is 5.63. The zero-order chi connectivity index (χ0) is 10.4. The van der Waals surface area contributed by atoms with Crippen LogP contribution in [-0.4, -0.2) is 23.7 Å². The van der Waals surface area contributed by atoms with Gasteiger partial charge in [0.15, 0.2) is 0 Å². The van der Waals surface area contributed by atoms with Crippen molar-refractivity contribution in [3.05, 3.63) is 0 Å². The molecule has 0 radical (unpaired) electrons. The fraction of sp³-hybridized carbons (Fsp3) is 0.909. The van der Waals surface area contributed by atoms with E-state index < -0.39 is 5.97 Å². The zero-order valence-electron chi connectivity index (χ0n) is 8.96. The van der Waals surface area contributed by atoms with Crippen LogP contribution >= 0.6 is 0 Å². The third-order valence-corrected chi connectivity index (χ3v) is 3.03. The Hall–Kier alpha value is -0.570. The Balaban J connectivity index is 2.14. The summed E-state index contributed by atoms with van der Waals surface area (Å²) in [5, 5.41) is 11.8. The topological polar surface area (TPSA) is 49.3 Å². The van der Waals surface area contributed by atoms with E-state index in [4.69, 9.17) is 5.11 Å². The van der Waals surface area contributed by atoms with Crippen LogP contribution in [0.15, 0.2) is 0 Å². The molecule has 0 heterocycles. The molecule has 0 bridgehead atoms. The predicted molar refractivity (Wildman–Crippen MR) is 56.3 cm³/mol. The van der Waals surface area contributed by atoms with Gasteiger partial charge in [0.2, 0.25) is 0 Å². The smallest absolute Gasteiger partial charge is 0.304 e. The number of carbonyl (C=O) groups is 1. The lowest BCUT2D eigenvalue weighted by Crippen LogP contribution is -2.30. The third-order valence-electron chi connectivity index (χ3n) is 3.03. The molecule has 1 rings (SSSR count). The van der Waals surface area contributed by atoms with E-state index in [0.717, 1.165) is 5.92 Å². The number of carboxylic acids is 1. The molecule has 2 N–H and O–H groups in total. The van der Waals surface area contributed by atoms with Crippen molar-refractivity contribution in [3.63, 3.8) is 0 Å². The molecule has 3 nitrogen and oxygen atoms in total. The van der Waals surface area contributed by atoms with E-state index in [1.165, 1.54) is 32.1 Å². The molecule has 14 heavy (non-hydrogen) atoms. The first-order valence-electron chi connectivity index (χ1n) is 5.63. The van der Waals surface area contributed by atoms with Crippen molar-refractivity contribution in [2.24, 2.45) is 5.92 Å². The van der Waals surface area contributed by atoms with Crippen molar-refractivity contribution in [1.29, 1.82) is 0 Å². The number of aliphatic carboxylic acids is 1. The van der Waals surface area contributed by atoms with Crippen LogP contribution in [0.1, 0.15) is 45.4 Å². The van der Waals surface area contributed by atoms with E-state index >= 15 is 0 Å². The molecule has 0 spiro atoms. The minimum absolute atomic E-state index is 0.242. The van der Waals surface area contributed by atoms with Crippen LogP contribution in [0, 0.1) is 5.92 Å². The van der Waals surface area contributed by atoms with Gasteiger partial charge in [-0.25, -0.2) is 0 Å². The number of hydrogen-bond donors (Lipinski definition) is 2. The Labute approximate surface area is 85.9 Å². The summed E-state index contributed by atoms with van der Waals surface area (Å²) in [7, 11) is 0. The molecular weight excluding hydrogens is 178 g/mol. The molecule has 1 fully saturated rings. The summed E-state index contributed by atoms with van der Waals surface area (Å²) in [4.78, 5) is 10.3. The second kappa shape index (κ2) is 6.02. The van der Waals surface area contributed by atoms with Crippen LogP contribution in [0.2, 0.25) is 0 Å². The lowest BCUT2D eigenvalue weighted by Gasteiger charge is -2.15. The van der Waals surface area contributed by atoms with Crippen molar-refractivity contribution in [2.75, 3.05) is 6.54 Å². The molecule has 2 atom stereocenters. The highest BCUT2D eigenvalue weighted by Gasteiger charge is 2.15. The van der Waals surface area contributed by atoms with Crippen LogP contribution < -0.4 is 5.32 Å². The Bertz CT molecular complexity index is 182. The first-order chi connectivity index (χ1) is 6.68. The third kappa shape index (κ3) is 4.61. The van der Waals surface area contributed by atoms with E-state index in [2.05, 4.69) is 12.2 Å². The number of carboxylic acid groups (broad SMARTS) is 1. The van der Waals surface area contributed by atoms with E-state index in [9.17, 15) is 4.79 Å². The highest BCUT2D eigenvalue weighted by atomic mass is 16.4. The molecule has 1 saturated carbocycles. The van der Waals surface area contributed by atoms with Gasteiger partial charge in [-0.2, -0.15) is 0 Å². The Morgan fingerprint density at radius 1 is 1.36 bits per heavy atom. The maximum Gasteiger partial charge on any atom is 0.304 e. The SMILES string of the molecule is CC1CCCC(NCCC(=O)O)CC1. The van der Waals surface area contributed by atoms with Gasteiger partial charge in [-0.3, -0.25) is 4.79 Å². The number of hydrogen-bond acceptors (Lipinski definition) is 2. The largest absolute Gasteiger partial charge is 0.481 e. The van der Waals surface area contributed by atoms with Crippen LogP contribution in [-0.2, 0) is 4.79 Å². The quantitative estimate of drug-likeness (QED) is 0.681. The van der Waals surface area contributed by atoms with Gasteiger partial charge < -0.3 is 10.4 Å². The van der Waals surface area contributed by atoms with Crippen molar-refractivity contribution < 1.29 is 9.90 Å². The average molecular weight is 199 g/mol. The Morgan fingerprint density at radius 2 is 2.14 bits per heavy atom. The molecule has 82 valence electrons. The Morgan fingerprint density at radius 3 is 2.86 bits per heavy atom. The molecule has 0 amide bonds. The summed E-state index contributed by atoms with van der Waals surface area (Å²) in [6, 6.07) is 0.555. The molecule has 0 saturated heterocycles. The van der Waals surface area contributed by atoms with Crippen LogP contribution in [0.25, 0.3) is 0 Å². The molecule has 0 aliphatic heterocycles. The van der Waals surface area contributed by atoms with Gasteiger partial charge in [-0.1, -0.05) is 19.8 Å². The van der Waals surface area contributed by atoms with Crippen molar-refractivity contribution in [1.82, 2.24) is 5.32 Å². The summed E-state index contributed by atoms with van der Waals surface area (Å²) in [5.41, 5.74) is 0. The minimum atomic E-state index is -0.709. The summed E-state index contributed by atoms with van der Waals surface area (Å²) in [5.74, 6) is 0.140. The lowest BCUT2D eigenvalue weighted by molar-refractivity contribution is -0.136. The molecule has 1 aliphatic rings. The molecule has 0 aromatic rings. The van der Waals surface area contributed by atoms with Gasteiger partial charge in [-0.15, -0.1) is 0 Å².